The zero-order chi connectivity index (χ0) is 16.9. The lowest BCUT2D eigenvalue weighted by Gasteiger charge is -2.15. The van der Waals surface area contributed by atoms with Crippen LogP contribution in [0, 0.1) is 0 Å². The summed E-state index contributed by atoms with van der Waals surface area (Å²) in [5.41, 5.74) is 1.17. The van der Waals surface area contributed by atoms with Gasteiger partial charge in [-0.1, -0.05) is 18.2 Å². The Labute approximate surface area is 145 Å². The number of rotatable bonds is 5. The smallest absolute Gasteiger partial charge is 0.191 e. The summed E-state index contributed by atoms with van der Waals surface area (Å²) >= 11 is 1.62. The third kappa shape index (κ3) is 3.77. The van der Waals surface area contributed by atoms with Crippen LogP contribution in [-0.2, 0) is 13.6 Å². The molecular formula is C18H22N4OS. The van der Waals surface area contributed by atoms with Crippen molar-refractivity contribution in [3.63, 3.8) is 0 Å². The van der Waals surface area contributed by atoms with E-state index in [1.165, 1.54) is 15.8 Å². The number of hydrogen-bond acceptors (Lipinski definition) is 3. The fourth-order valence-electron chi connectivity index (χ4n) is 2.54. The normalized spacial score (nSPS) is 13.2. The second-order valence-corrected chi connectivity index (χ2v) is 6.73. The second-order valence-electron chi connectivity index (χ2n) is 5.62. The zero-order valence-corrected chi connectivity index (χ0v) is 14.7. The van der Waals surface area contributed by atoms with Crippen LogP contribution in [0.2, 0.25) is 0 Å². The van der Waals surface area contributed by atoms with Gasteiger partial charge in [0.05, 0.1) is 6.54 Å². The predicted octanol–water partition coefficient (Wildman–Crippen LogP) is 2.64. The maximum Gasteiger partial charge on any atom is 0.191 e. The molecule has 3 aromatic rings. The average Bonchev–Trinajstić information content (AvgIpc) is 3.20. The first-order valence-corrected chi connectivity index (χ1v) is 8.70. The van der Waals surface area contributed by atoms with Crippen molar-refractivity contribution in [3.8, 4) is 0 Å². The molecule has 2 heterocycles. The quantitative estimate of drug-likeness (QED) is 0.493. The van der Waals surface area contributed by atoms with Gasteiger partial charge in [0.1, 0.15) is 6.10 Å². The number of aliphatic imine (C=N–C) groups is 1. The van der Waals surface area contributed by atoms with E-state index in [4.69, 9.17) is 0 Å². The molecule has 0 saturated carbocycles. The summed E-state index contributed by atoms with van der Waals surface area (Å²) in [7, 11) is 3.74. The number of thiophene rings is 1. The van der Waals surface area contributed by atoms with Crippen molar-refractivity contribution in [2.45, 2.75) is 12.6 Å². The molecule has 5 nitrogen and oxygen atoms in total. The Hall–Kier alpha value is -2.31. The minimum Gasteiger partial charge on any atom is -0.386 e. The molecule has 0 saturated heterocycles. The molecular weight excluding hydrogens is 320 g/mol. The number of aromatic nitrogens is 1. The molecule has 0 amide bonds. The first kappa shape index (κ1) is 16.5. The van der Waals surface area contributed by atoms with Gasteiger partial charge in [-0.2, -0.15) is 0 Å². The summed E-state index contributed by atoms with van der Waals surface area (Å²) in [6.07, 6.45) is 1.45. The van der Waals surface area contributed by atoms with Gasteiger partial charge in [-0.25, -0.2) is 0 Å². The van der Waals surface area contributed by atoms with Gasteiger partial charge in [-0.05, 0) is 29.7 Å². The highest BCUT2D eigenvalue weighted by Gasteiger charge is 2.12. The summed E-state index contributed by atoms with van der Waals surface area (Å²) in [6, 6.07) is 14.3. The van der Waals surface area contributed by atoms with Crippen molar-refractivity contribution in [2.24, 2.45) is 12.0 Å². The van der Waals surface area contributed by atoms with Crippen molar-refractivity contribution < 1.29 is 5.11 Å². The van der Waals surface area contributed by atoms with Crippen LogP contribution in [0.15, 0.2) is 53.7 Å². The number of nitrogens with one attached hydrogen (secondary N) is 2. The highest BCUT2D eigenvalue weighted by Crippen LogP contribution is 2.29. The van der Waals surface area contributed by atoms with E-state index < -0.39 is 6.10 Å². The van der Waals surface area contributed by atoms with Crippen LogP contribution in [0.5, 0.6) is 0 Å². The van der Waals surface area contributed by atoms with E-state index in [1.807, 2.05) is 37.5 Å². The first-order chi connectivity index (χ1) is 11.7. The van der Waals surface area contributed by atoms with E-state index in [1.54, 1.807) is 18.4 Å². The largest absolute Gasteiger partial charge is 0.386 e. The number of nitrogens with zero attached hydrogens (tertiary/aromatic N) is 2. The molecule has 0 aliphatic carbocycles. The molecule has 0 aliphatic rings. The van der Waals surface area contributed by atoms with E-state index in [9.17, 15) is 5.11 Å². The Balaban J connectivity index is 1.55. The van der Waals surface area contributed by atoms with Gasteiger partial charge in [0.2, 0.25) is 0 Å². The van der Waals surface area contributed by atoms with Crippen molar-refractivity contribution in [3.05, 3.63) is 59.2 Å². The Bertz CT molecular complexity index is 803. The van der Waals surface area contributed by atoms with E-state index in [-0.39, 0.29) is 0 Å². The highest BCUT2D eigenvalue weighted by atomic mass is 32.1. The van der Waals surface area contributed by atoms with Gasteiger partial charge in [-0.3, -0.25) is 4.99 Å². The summed E-state index contributed by atoms with van der Waals surface area (Å²) in [4.78, 5) is 5.16. The second kappa shape index (κ2) is 7.51. The van der Waals surface area contributed by atoms with E-state index in [2.05, 4.69) is 38.4 Å². The highest BCUT2D eigenvalue weighted by molar-refractivity contribution is 7.19. The molecule has 3 rings (SSSR count). The van der Waals surface area contributed by atoms with Crippen LogP contribution in [0.3, 0.4) is 0 Å². The lowest BCUT2D eigenvalue weighted by molar-refractivity contribution is 0.184. The van der Waals surface area contributed by atoms with E-state index >= 15 is 0 Å². The summed E-state index contributed by atoms with van der Waals surface area (Å²) in [5.74, 6) is 0.677. The number of aliphatic hydroxyl groups is 1. The van der Waals surface area contributed by atoms with Crippen molar-refractivity contribution >= 4 is 27.4 Å². The lowest BCUT2D eigenvalue weighted by atomic mass is 10.2. The van der Waals surface area contributed by atoms with Gasteiger partial charge in [0, 0.05) is 42.1 Å². The average molecular weight is 342 g/mol. The number of guanidine groups is 1. The van der Waals surface area contributed by atoms with Gasteiger partial charge >= 0.3 is 0 Å². The molecule has 2 aromatic heterocycles. The van der Waals surface area contributed by atoms with Gasteiger partial charge in [0.25, 0.3) is 0 Å². The Morgan fingerprint density at radius 2 is 2.08 bits per heavy atom. The minimum absolute atomic E-state index is 0.416. The Morgan fingerprint density at radius 1 is 1.25 bits per heavy atom. The standard InChI is InChI=1S/C18H22N4OS/c1-19-18(20-11-14-7-5-9-22(14)2)21-12-15(23)17-10-13-6-3-4-8-16(13)24-17/h3-10,15,23H,11-12H2,1-2H3,(H2,19,20,21). The molecule has 126 valence electrons. The molecule has 24 heavy (non-hydrogen) atoms. The Kier molecular flexibility index (Phi) is 5.17. The third-order valence-corrected chi connectivity index (χ3v) is 5.17. The van der Waals surface area contributed by atoms with Crippen LogP contribution >= 0.6 is 11.3 Å². The molecule has 1 aromatic carbocycles. The molecule has 6 heteroatoms. The minimum atomic E-state index is -0.559. The SMILES string of the molecule is CN=C(NCc1cccn1C)NCC(O)c1cc2ccccc2s1. The van der Waals surface area contributed by atoms with Gasteiger partial charge in [0.15, 0.2) is 5.96 Å². The topological polar surface area (TPSA) is 61.6 Å². The van der Waals surface area contributed by atoms with E-state index in [0.717, 1.165) is 4.88 Å². The Morgan fingerprint density at radius 3 is 2.79 bits per heavy atom. The zero-order valence-electron chi connectivity index (χ0n) is 13.9. The maximum atomic E-state index is 10.4. The number of benzene rings is 1. The fraction of sp³-hybridized carbons (Fsp3) is 0.278. The number of fused-ring (bicyclic) bond motifs is 1. The predicted molar refractivity (Wildman–Crippen MR) is 100 cm³/mol. The van der Waals surface area contributed by atoms with Crippen LogP contribution < -0.4 is 10.6 Å². The molecule has 1 unspecified atom stereocenters. The number of aliphatic hydroxyl groups excluding tert-OH is 1. The van der Waals surface area contributed by atoms with Crippen molar-refractivity contribution in [1.82, 2.24) is 15.2 Å². The molecule has 0 spiro atoms. The maximum absolute atomic E-state index is 10.4. The summed E-state index contributed by atoms with van der Waals surface area (Å²) in [6.45, 7) is 1.10. The van der Waals surface area contributed by atoms with Crippen molar-refractivity contribution in [2.75, 3.05) is 13.6 Å². The van der Waals surface area contributed by atoms with Crippen LogP contribution in [0.25, 0.3) is 10.1 Å². The van der Waals surface area contributed by atoms with Crippen molar-refractivity contribution in [1.29, 1.82) is 0 Å². The molecule has 0 aliphatic heterocycles. The van der Waals surface area contributed by atoms with Gasteiger partial charge < -0.3 is 20.3 Å². The first-order valence-electron chi connectivity index (χ1n) is 7.88. The van der Waals surface area contributed by atoms with Gasteiger partial charge in [-0.15, -0.1) is 11.3 Å². The summed E-state index contributed by atoms with van der Waals surface area (Å²) in [5, 5.41) is 18.0. The monoisotopic (exact) mass is 342 g/mol. The molecule has 1 atom stereocenters. The number of aryl methyl sites for hydroxylation is 1. The molecule has 0 fully saturated rings. The van der Waals surface area contributed by atoms with Crippen LogP contribution in [0.1, 0.15) is 16.7 Å². The molecule has 0 bridgehead atoms. The van der Waals surface area contributed by atoms with Crippen LogP contribution in [0.4, 0.5) is 0 Å². The third-order valence-electron chi connectivity index (χ3n) is 3.95. The molecule has 0 radical (unpaired) electrons. The van der Waals surface area contributed by atoms with E-state index in [0.29, 0.717) is 19.0 Å². The van der Waals surface area contributed by atoms with Crippen LogP contribution in [-0.4, -0.2) is 29.2 Å². The number of hydrogen-bond donors (Lipinski definition) is 3. The summed E-state index contributed by atoms with van der Waals surface area (Å²) < 4.78 is 3.25. The molecule has 3 N–H and O–H groups in total. The fourth-order valence-corrected chi connectivity index (χ4v) is 3.59. The lowest BCUT2D eigenvalue weighted by Crippen LogP contribution is -2.39.